The van der Waals surface area contributed by atoms with Gasteiger partial charge in [-0.1, -0.05) is 45.9 Å². The van der Waals surface area contributed by atoms with Crippen LogP contribution in [0.2, 0.25) is 0 Å². The molecule has 2 amide bonds. The summed E-state index contributed by atoms with van der Waals surface area (Å²) in [7, 11) is 0. The fourth-order valence-electron chi connectivity index (χ4n) is 3.48. The molecule has 2 rings (SSSR count). The first-order valence-electron chi connectivity index (χ1n) is 9.94. The minimum absolute atomic E-state index is 0.131. The van der Waals surface area contributed by atoms with Crippen molar-refractivity contribution in [1.29, 1.82) is 0 Å². The van der Waals surface area contributed by atoms with Crippen molar-refractivity contribution in [2.24, 2.45) is 0 Å². The van der Waals surface area contributed by atoms with E-state index in [1.807, 2.05) is 26.8 Å². The lowest BCUT2D eigenvalue weighted by atomic mass is 9.92. The van der Waals surface area contributed by atoms with Crippen LogP contribution in [0.4, 0.5) is 10.5 Å². The molecule has 0 unspecified atom stereocenters. The maximum atomic E-state index is 13.1. The van der Waals surface area contributed by atoms with E-state index in [1.165, 1.54) is 0 Å². The van der Waals surface area contributed by atoms with Crippen molar-refractivity contribution in [3.8, 4) is 0 Å². The number of likely N-dealkylation sites (tertiary alicyclic amines) is 1. The molecule has 0 aliphatic carbocycles. The molecule has 0 spiro atoms. The standard InChI is InChI=1S/C22H34N2O3/c1-14(2)16-10-8-11-17(15(3)4)19(16)23-20(25)18-12-9-13-24(18)21(26)27-22(5,6)7/h8,10-11,14-15,18H,9,12-13H2,1-7H3,(H,23,25)/t18-/m1/s1. The Bertz CT molecular complexity index is 663. The van der Waals surface area contributed by atoms with Crippen molar-refractivity contribution in [1.82, 2.24) is 4.90 Å². The van der Waals surface area contributed by atoms with E-state index in [9.17, 15) is 9.59 Å². The number of para-hydroxylation sites is 1. The van der Waals surface area contributed by atoms with Crippen molar-refractivity contribution < 1.29 is 14.3 Å². The predicted octanol–water partition coefficient (Wildman–Crippen LogP) is 5.27. The zero-order valence-electron chi connectivity index (χ0n) is 17.8. The van der Waals surface area contributed by atoms with Gasteiger partial charge in [0.05, 0.1) is 0 Å². The molecular weight excluding hydrogens is 340 g/mol. The number of rotatable bonds is 4. The summed E-state index contributed by atoms with van der Waals surface area (Å²) >= 11 is 0. The van der Waals surface area contributed by atoms with Gasteiger partial charge in [0, 0.05) is 12.2 Å². The molecule has 1 aromatic carbocycles. The minimum atomic E-state index is -0.574. The number of benzene rings is 1. The van der Waals surface area contributed by atoms with Gasteiger partial charge in [0.25, 0.3) is 0 Å². The predicted molar refractivity (Wildman–Crippen MR) is 109 cm³/mol. The monoisotopic (exact) mass is 374 g/mol. The smallest absolute Gasteiger partial charge is 0.410 e. The lowest BCUT2D eigenvalue weighted by Gasteiger charge is -2.29. The highest BCUT2D eigenvalue weighted by Gasteiger charge is 2.37. The molecule has 0 radical (unpaired) electrons. The van der Waals surface area contributed by atoms with Gasteiger partial charge in [0.2, 0.25) is 5.91 Å². The summed E-state index contributed by atoms with van der Waals surface area (Å²) in [5, 5.41) is 3.14. The molecular formula is C22H34N2O3. The molecule has 1 aliphatic rings. The molecule has 1 atom stereocenters. The molecule has 1 aliphatic heterocycles. The average molecular weight is 375 g/mol. The van der Waals surface area contributed by atoms with E-state index < -0.39 is 17.7 Å². The largest absolute Gasteiger partial charge is 0.444 e. The second kappa shape index (κ2) is 8.32. The number of anilines is 1. The second-order valence-electron chi connectivity index (χ2n) is 8.94. The fraction of sp³-hybridized carbons (Fsp3) is 0.636. The lowest BCUT2D eigenvalue weighted by Crippen LogP contribution is -2.45. The van der Waals surface area contributed by atoms with Gasteiger partial charge < -0.3 is 10.1 Å². The van der Waals surface area contributed by atoms with E-state index in [2.05, 4.69) is 45.1 Å². The van der Waals surface area contributed by atoms with Crippen molar-refractivity contribution in [3.05, 3.63) is 29.3 Å². The molecule has 1 fully saturated rings. The number of carbonyl (C=O) groups excluding carboxylic acids is 2. The van der Waals surface area contributed by atoms with Gasteiger partial charge in [-0.05, 0) is 56.6 Å². The molecule has 27 heavy (non-hydrogen) atoms. The minimum Gasteiger partial charge on any atom is -0.444 e. The van der Waals surface area contributed by atoms with E-state index in [4.69, 9.17) is 4.74 Å². The van der Waals surface area contributed by atoms with Crippen LogP contribution in [-0.2, 0) is 9.53 Å². The summed E-state index contributed by atoms with van der Waals surface area (Å²) in [6.07, 6.45) is 1.05. The Labute approximate surface area is 163 Å². The summed E-state index contributed by atoms with van der Waals surface area (Å²) in [6.45, 7) is 14.6. The third-order valence-electron chi connectivity index (χ3n) is 4.80. The number of nitrogens with one attached hydrogen (secondary N) is 1. The highest BCUT2D eigenvalue weighted by Crippen LogP contribution is 2.33. The van der Waals surface area contributed by atoms with Crippen molar-refractivity contribution >= 4 is 17.7 Å². The van der Waals surface area contributed by atoms with Crippen LogP contribution in [0.15, 0.2) is 18.2 Å². The summed E-state index contributed by atoms with van der Waals surface area (Å²) in [4.78, 5) is 27.1. The Hall–Kier alpha value is -2.04. The molecule has 150 valence electrons. The normalized spacial score (nSPS) is 17.5. The molecule has 1 heterocycles. The SMILES string of the molecule is CC(C)c1cccc(C(C)C)c1NC(=O)[C@H]1CCCN1C(=O)OC(C)(C)C. The summed E-state index contributed by atoms with van der Waals surface area (Å²) in [6, 6.07) is 5.68. The third kappa shape index (κ3) is 5.24. The number of hydrogen-bond donors (Lipinski definition) is 1. The Kier molecular flexibility index (Phi) is 6.55. The molecule has 0 saturated carbocycles. The first-order chi connectivity index (χ1) is 12.5. The van der Waals surface area contributed by atoms with Gasteiger partial charge in [-0.3, -0.25) is 9.69 Å². The van der Waals surface area contributed by atoms with E-state index in [-0.39, 0.29) is 5.91 Å². The van der Waals surface area contributed by atoms with Gasteiger partial charge in [0.15, 0.2) is 0 Å². The first kappa shape index (κ1) is 21.3. The molecule has 0 bridgehead atoms. The summed E-state index contributed by atoms with van der Waals surface area (Å²) < 4.78 is 5.48. The average Bonchev–Trinajstić information content (AvgIpc) is 3.02. The fourth-order valence-corrected chi connectivity index (χ4v) is 3.48. The van der Waals surface area contributed by atoms with Crippen LogP contribution < -0.4 is 5.32 Å². The van der Waals surface area contributed by atoms with Crippen LogP contribution in [0.3, 0.4) is 0 Å². The molecule has 5 heteroatoms. The topological polar surface area (TPSA) is 58.6 Å². The van der Waals surface area contributed by atoms with Crippen LogP contribution >= 0.6 is 0 Å². The van der Waals surface area contributed by atoms with E-state index >= 15 is 0 Å². The number of hydrogen-bond acceptors (Lipinski definition) is 3. The molecule has 5 nitrogen and oxygen atoms in total. The van der Waals surface area contributed by atoms with Gasteiger partial charge in [-0.25, -0.2) is 4.79 Å². The quantitative estimate of drug-likeness (QED) is 0.781. The summed E-state index contributed by atoms with van der Waals surface area (Å²) in [5.74, 6) is 0.461. The van der Waals surface area contributed by atoms with Gasteiger partial charge in [-0.15, -0.1) is 0 Å². The Morgan fingerprint density at radius 2 is 1.67 bits per heavy atom. The maximum absolute atomic E-state index is 13.1. The molecule has 1 saturated heterocycles. The zero-order chi connectivity index (χ0) is 20.4. The highest BCUT2D eigenvalue weighted by atomic mass is 16.6. The van der Waals surface area contributed by atoms with Gasteiger partial charge >= 0.3 is 6.09 Å². The van der Waals surface area contributed by atoms with E-state index in [0.717, 1.165) is 23.2 Å². The van der Waals surface area contributed by atoms with Crippen LogP contribution in [0.25, 0.3) is 0 Å². The Morgan fingerprint density at radius 3 is 2.15 bits per heavy atom. The maximum Gasteiger partial charge on any atom is 0.410 e. The van der Waals surface area contributed by atoms with Crippen molar-refractivity contribution in [2.45, 2.75) is 84.8 Å². The van der Waals surface area contributed by atoms with Crippen molar-refractivity contribution in [3.63, 3.8) is 0 Å². The molecule has 1 aromatic rings. The second-order valence-corrected chi connectivity index (χ2v) is 8.94. The van der Waals surface area contributed by atoms with Crippen LogP contribution in [0.1, 0.15) is 84.3 Å². The van der Waals surface area contributed by atoms with Crippen LogP contribution in [-0.4, -0.2) is 35.1 Å². The van der Waals surface area contributed by atoms with Crippen LogP contribution in [0.5, 0.6) is 0 Å². The summed E-state index contributed by atoms with van der Waals surface area (Å²) in [5.41, 5.74) is 2.56. The van der Waals surface area contributed by atoms with Crippen molar-refractivity contribution in [2.75, 3.05) is 11.9 Å². The number of amides is 2. The Morgan fingerprint density at radius 1 is 1.11 bits per heavy atom. The highest BCUT2D eigenvalue weighted by molar-refractivity contribution is 5.98. The zero-order valence-corrected chi connectivity index (χ0v) is 17.8. The third-order valence-corrected chi connectivity index (χ3v) is 4.80. The molecule has 0 aromatic heterocycles. The van der Waals surface area contributed by atoms with Gasteiger partial charge in [0.1, 0.15) is 11.6 Å². The lowest BCUT2D eigenvalue weighted by molar-refractivity contribution is -0.120. The number of nitrogens with zero attached hydrogens (tertiary/aromatic N) is 1. The molecule has 1 N–H and O–H groups in total. The first-order valence-corrected chi connectivity index (χ1v) is 9.94. The number of ether oxygens (including phenoxy) is 1. The van der Waals surface area contributed by atoms with Crippen LogP contribution in [0, 0.1) is 0 Å². The van der Waals surface area contributed by atoms with E-state index in [0.29, 0.717) is 24.8 Å². The number of carbonyl (C=O) groups is 2. The van der Waals surface area contributed by atoms with Gasteiger partial charge in [-0.2, -0.15) is 0 Å². The Balaban J connectivity index is 2.25. The van der Waals surface area contributed by atoms with E-state index in [1.54, 1.807) is 4.90 Å².